The Kier molecular flexibility index (Phi) is 6.84. The van der Waals surface area contributed by atoms with Gasteiger partial charge in [-0.1, -0.05) is 0 Å². The van der Waals surface area contributed by atoms with E-state index in [0.717, 1.165) is 24.5 Å². The van der Waals surface area contributed by atoms with Crippen molar-refractivity contribution in [1.29, 1.82) is 0 Å². The number of nitrogens with one attached hydrogen (secondary N) is 2. The van der Waals surface area contributed by atoms with Gasteiger partial charge in [-0.2, -0.15) is 11.8 Å². The molecule has 1 aliphatic rings. The lowest BCUT2D eigenvalue weighted by Gasteiger charge is -2.23. The first kappa shape index (κ1) is 13.8. The quantitative estimate of drug-likeness (QED) is 0.721. The fraction of sp³-hybridized carbons (Fsp3) is 0.909. The molecule has 1 amide bonds. The molecular weight excluding hydrogens is 224 g/mol. The molecule has 2 unspecified atom stereocenters. The van der Waals surface area contributed by atoms with Gasteiger partial charge in [-0.3, -0.25) is 4.79 Å². The molecule has 0 radical (unpaired) electrons. The van der Waals surface area contributed by atoms with Crippen molar-refractivity contribution < 1.29 is 9.53 Å². The van der Waals surface area contributed by atoms with Gasteiger partial charge in [-0.05, 0) is 13.3 Å². The summed E-state index contributed by atoms with van der Waals surface area (Å²) >= 11 is 1.92. The molecular formula is C11H22N2O2S. The average molecular weight is 246 g/mol. The van der Waals surface area contributed by atoms with E-state index in [4.69, 9.17) is 4.74 Å². The van der Waals surface area contributed by atoms with Crippen molar-refractivity contribution in [3.8, 4) is 0 Å². The fourth-order valence-corrected chi connectivity index (χ4v) is 2.62. The SMILES string of the molecule is COCCC(C)NC(=O)CC1CSCCN1. The smallest absolute Gasteiger partial charge is 0.221 e. The normalized spacial score (nSPS) is 22.8. The van der Waals surface area contributed by atoms with E-state index < -0.39 is 0 Å². The number of rotatable bonds is 6. The van der Waals surface area contributed by atoms with Crippen molar-refractivity contribution in [2.24, 2.45) is 0 Å². The minimum absolute atomic E-state index is 0.142. The molecule has 16 heavy (non-hydrogen) atoms. The van der Waals surface area contributed by atoms with Crippen LogP contribution in [0.4, 0.5) is 0 Å². The second-order valence-electron chi connectivity index (χ2n) is 4.18. The Bertz CT molecular complexity index is 208. The highest BCUT2D eigenvalue weighted by Crippen LogP contribution is 2.10. The lowest BCUT2D eigenvalue weighted by atomic mass is 10.2. The Morgan fingerprint density at radius 3 is 3.12 bits per heavy atom. The van der Waals surface area contributed by atoms with Crippen LogP contribution in [0.5, 0.6) is 0 Å². The van der Waals surface area contributed by atoms with Crippen LogP contribution in [-0.2, 0) is 9.53 Å². The zero-order valence-electron chi connectivity index (χ0n) is 10.1. The van der Waals surface area contributed by atoms with Crippen LogP contribution in [0.3, 0.4) is 0 Å². The van der Waals surface area contributed by atoms with E-state index in [1.54, 1.807) is 7.11 Å². The van der Waals surface area contributed by atoms with E-state index in [9.17, 15) is 4.79 Å². The minimum Gasteiger partial charge on any atom is -0.385 e. The zero-order chi connectivity index (χ0) is 11.8. The van der Waals surface area contributed by atoms with Gasteiger partial charge >= 0.3 is 0 Å². The zero-order valence-corrected chi connectivity index (χ0v) is 10.9. The number of amides is 1. The molecule has 1 heterocycles. The summed E-state index contributed by atoms with van der Waals surface area (Å²) in [6.07, 6.45) is 1.46. The van der Waals surface area contributed by atoms with E-state index in [1.165, 1.54) is 0 Å². The monoisotopic (exact) mass is 246 g/mol. The third-order valence-corrected chi connectivity index (χ3v) is 3.72. The van der Waals surface area contributed by atoms with Crippen LogP contribution < -0.4 is 10.6 Å². The molecule has 1 aliphatic heterocycles. The van der Waals surface area contributed by atoms with E-state index in [1.807, 2.05) is 18.7 Å². The molecule has 4 nitrogen and oxygen atoms in total. The van der Waals surface area contributed by atoms with Crippen molar-refractivity contribution in [2.75, 3.05) is 31.8 Å². The van der Waals surface area contributed by atoms with Crippen molar-refractivity contribution in [1.82, 2.24) is 10.6 Å². The number of carbonyl (C=O) groups excluding carboxylic acids is 1. The van der Waals surface area contributed by atoms with Gasteiger partial charge in [-0.15, -0.1) is 0 Å². The summed E-state index contributed by atoms with van der Waals surface area (Å²) in [4.78, 5) is 11.7. The molecule has 2 N–H and O–H groups in total. The van der Waals surface area contributed by atoms with Crippen molar-refractivity contribution >= 4 is 17.7 Å². The molecule has 0 aromatic carbocycles. The van der Waals surface area contributed by atoms with E-state index >= 15 is 0 Å². The maximum atomic E-state index is 11.7. The van der Waals surface area contributed by atoms with Gasteiger partial charge in [0.15, 0.2) is 0 Å². The molecule has 94 valence electrons. The van der Waals surface area contributed by atoms with Gasteiger partial charge in [0.25, 0.3) is 0 Å². The fourth-order valence-electron chi connectivity index (χ4n) is 1.68. The second kappa shape index (κ2) is 7.92. The van der Waals surface area contributed by atoms with Crippen LogP contribution in [0, 0.1) is 0 Å². The van der Waals surface area contributed by atoms with E-state index in [0.29, 0.717) is 19.1 Å². The number of thioether (sulfide) groups is 1. The Morgan fingerprint density at radius 2 is 2.50 bits per heavy atom. The number of carbonyl (C=O) groups is 1. The largest absolute Gasteiger partial charge is 0.385 e. The molecule has 0 spiro atoms. The molecule has 0 aromatic heterocycles. The highest BCUT2D eigenvalue weighted by atomic mass is 32.2. The van der Waals surface area contributed by atoms with Crippen LogP contribution in [-0.4, -0.2) is 49.8 Å². The first-order valence-electron chi connectivity index (χ1n) is 5.81. The Hall–Kier alpha value is -0.260. The van der Waals surface area contributed by atoms with Gasteiger partial charge in [0.05, 0.1) is 0 Å². The molecule has 1 rings (SSSR count). The molecule has 1 saturated heterocycles. The highest BCUT2D eigenvalue weighted by molar-refractivity contribution is 7.99. The molecule has 0 bridgehead atoms. The van der Waals surface area contributed by atoms with Gasteiger partial charge in [-0.25, -0.2) is 0 Å². The summed E-state index contributed by atoms with van der Waals surface area (Å²) in [7, 11) is 1.68. The van der Waals surface area contributed by atoms with Gasteiger partial charge in [0.2, 0.25) is 5.91 Å². The van der Waals surface area contributed by atoms with Crippen molar-refractivity contribution in [3.05, 3.63) is 0 Å². The number of ether oxygens (including phenoxy) is 1. The van der Waals surface area contributed by atoms with Gasteiger partial charge in [0.1, 0.15) is 0 Å². The second-order valence-corrected chi connectivity index (χ2v) is 5.33. The van der Waals surface area contributed by atoms with Crippen molar-refractivity contribution in [3.63, 3.8) is 0 Å². The third kappa shape index (κ3) is 5.72. The summed E-state index contributed by atoms with van der Waals surface area (Å²) < 4.78 is 4.98. The van der Waals surface area contributed by atoms with Crippen LogP contribution >= 0.6 is 11.8 Å². The molecule has 1 fully saturated rings. The van der Waals surface area contributed by atoms with Crippen molar-refractivity contribution in [2.45, 2.75) is 31.8 Å². The van der Waals surface area contributed by atoms with E-state index in [2.05, 4.69) is 10.6 Å². The topological polar surface area (TPSA) is 50.4 Å². The summed E-state index contributed by atoms with van der Waals surface area (Å²) in [5.41, 5.74) is 0. The molecule has 0 saturated carbocycles. The molecule has 5 heteroatoms. The highest BCUT2D eigenvalue weighted by Gasteiger charge is 2.17. The van der Waals surface area contributed by atoms with Crippen LogP contribution in [0.1, 0.15) is 19.8 Å². The maximum Gasteiger partial charge on any atom is 0.221 e. The summed E-state index contributed by atoms with van der Waals surface area (Å²) in [5.74, 6) is 2.34. The summed E-state index contributed by atoms with van der Waals surface area (Å²) in [6, 6.07) is 0.539. The van der Waals surface area contributed by atoms with E-state index in [-0.39, 0.29) is 11.9 Å². The van der Waals surface area contributed by atoms with Crippen LogP contribution in [0.25, 0.3) is 0 Å². The minimum atomic E-state index is 0.142. The first-order valence-corrected chi connectivity index (χ1v) is 6.97. The summed E-state index contributed by atoms with van der Waals surface area (Å²) in [5, 5.41) is 6.35. The summed E-state index contributed by atoms with van der Waals surface area (Å²) in [6.45, 7) is 3.72. The lowest BCUT2D eigenvalue weighted by molar-refractivity contribution is -0.122. The Labute approximate surface area is 102 Å². The van der Waals surface area contributed by atoms with Crippen LogP contribution in [0.15, 0.2) is 0 Å². The molecule has 2 atom stereocenters. The first-order chi connectivity index (χ1) is 7.72. The number of hydrogen-bond acceptors (Lipinski definition) is 4. The average Bonchev–Trinajstić information content (AvgIpc) is 2.27. The number of methoxy groups -OCH3 is 1. The third-order valence-electron chi connectivity index (χ3n) is 2.59. The number of hydrogen-bond donors (Lipinski definition) is 2. The Morgan fingerprint density at radius 1 is 1.69 bits per heavy atom. The predicted molar refractivity (Wildman–Crippen MR) is 67.8 cm³/mol. The predicted octanol–water partition coefficient (Wildman–Crippen LogP) is 0.623. The lowest BCUT2D eigenvalue weighted by Crippen LogP contribution is -2.43. The van der Waals surface area contributed by atoms with Gasteiger partial charge in [0, 0.05) is 50.3 Å². The molecule has 0 aromatic rings. The van der Waals surface area contributed by atoms with Gasteiger partial charge < -0.3 is 15.4 Å². The standard InChI is InChI=1S/C11H22N2O2S/c1-9(3-5-15-2)13-11(14)7-10-8-16-6-4-12-10/h9-10,12H,3-8H2,1-2H3,(H,13,14). The Balaban J connectivity index is 2.13. The maximum absolute atomic E-state index is 11.7. The molecule has 0 aliphatic carbocycles. The van der Waals surface area contributed by atoms with Crippen LogP contribution in [0.2, 0.25) is 0 Å².